The zero-order valence-corrected chi connectivity index (χ0v) is 16.6. The van der Waals surface area contributed by atoms with Gasteiger partial charge in [0.1, 0.15) is 0 Å². The molecule has 4 rings (SSSR count). The van der Waals surface area contributed by atoms with E-state index in [0.717, 1.165) is 16.0 Å². The molecule has 1 aromatic heterocycles. The van der Waals surface area contributed by atoms with E-state index in [1.165, 1.54) is 11.8 Å². The number of hydrogen-bond donors (Lipinski definition) is 1. The molecule has 6 nitrogen and oxygen atoms in total. The Morgan fingerprint density at radius 2 is 2.07 bits per heavy atom. The average Bonchev–Trinajstić information content (AvgIpc) is 3.11. The lowest BCUT2D eigenvalue weighted by atomic mass is 9.94. The molecule has 2 unspecified atom stereocenters. The average molecular weight is 404 g/mol. The maximum atomic E-state index is 12.7. The van der Waals surface area contributed by atoms with E-state index in [2.05, 4.69) is 16.4 Å². The summed E-state index contributed by atoms with van der Waals surface area (Å²) in [6.07, 6.45) is 4.37. The number of pyridine rings is 1. The molecule has 0 aliphatic carbocycles. The van der Waals surface area contributed by atoms with Crippen LogP contribution in [0.15, 0.2) is 65.3 Å². The van der Waals surface area contributed by atoms with Crippen molar-refractivity contribution in [1.82, 2.24) is 15.2 Å². The van der Waals surface area contributed by atoms with Crippen LogP contribution in [0.1, 0.15) is 22.3 Å². The number of thioether (sulfide) groups is 1. The summed E-state index contributed by atoms with van der Waals surface area (Å²) in [6.45, 7) is 1.09. The van der Waals surface area contributed by atoms with Gasteiger partial charge in [0.15, 0.2) is 0 Å². The lowest BCUT2D eigenvalue weighted by molar-refractivity contribution is -0.130. The number of hydrogen-bond acceptors (Lipinski definition) is 5. The Balaban J connectivity index is 1.42. The van der Waals surface area contributed by atoms with Crippen LogP contribution in [0, 0.1) is 17.2 Å². The number of aromatic nitrogens is 1. The fourth-order valence-corrected chi connectivity index (χ4v) is 5.10. The van der Waals surface area contributed by atoms with Crippen LogP contribution in [0.4, 0.5) is 0 Å². The Morgan fingerprint density at radius 1 is 1.24 bits per heavy atom. The number of benzene rings is 1. The second-order valence-corrected chi connectivity index (χ2v) is 8.27. The van der Waals surface area contributed by atoms with Crippen molar-refractivity contribution < 1.29 is 9.59 Å². The molecule has 1 N–H and O–H groups in total. The number of carbonyl (C=O) groups excluding carboxylic acids is 2. The predicted octanol–water partition coefficient (Wildman–Crippen LogP) is 2.75. The van der Waals surface area contributed by atoms with E-state index in [-0.39, 0.29) is 23.1 Å². The highest BCUT2D eigenvalue weighted by Crippen LogP contribution is 2.44. The van der Waals surface area contributed by atoms with E-state index >= 15 is 0 Å². The lowest BCUT2D eigenvalue weighted by Crippen LogP contribution is -2.38. The summed E-state index contributed by atoms with van der Waals surface area (Å²) in [5.41, 5.74) is 2.52. The van der Waals surface area contributed by atoms with E-state index in [4.69, 9.17) is 0 Å². The van der Waals surface area contributed by atoms with Crippen LogP contribution in [-0.4, -0.2) is 40.2 Å². The third kappa shape index (κ3) is 4.17. The normalized spacial score (nSPS) is 20.7. The largest absolute Gasteiger partial charge is 0.338 e. The van der Waals surface area contributed by atoms with Gasteiger partial charge in [-0.3, -0.25) is 14.6 Å². The van der Waals surface area contributed by atoms with Crippen molar-refractivity contribution in [1.29, 1.82) is 5.26 Å². The minimum absolute atomic E-state index is 0.0513. The summed E-state index contributed by atoms with van der Waals surface area (Å²) in [5.74, 6) is -0.499. The molecule has 7 heteroatoms. The van der Waals surface area contributed by atoms with E-state index in [9.17, 15) is 14.9 Å². The highest BCUT2D eigenvalue weighted by atomic mass is 32.2. The highest BCUT2D eigenvalue weighted by molar-refractivity contribution is 8.04. The second kappa shape index (κ2) is 8.50. The zero-order valence-electron chi connectivity index (χ0n) is 15.7. The summed E-state index contributed by atoms with van der Waals surface area (Å²) in [6, 6.07) is 15.1. The van der Waals surface area contributed by atoms with Crippen molar-refractivity contribution in [2.24, 2.45) is 5.92 Å². The first-order valence-corrected chi connectivity index (χ1v) is 10.3. The quantitative estimate of drug-likeness (QED) is 0.847. The van der Waals surface area contributed by atoms with Gasteiger partial charge in [-0.25, -0.2) is 0 Å². The van der Waals surface area contributed by atoms with E-state index in [1.54, 1.807) is 24.5 Å². The number of nitriles is 1. The van der Waals surface area contributed by atoms with Gasteiger partial charge in [0.2, 0.25) is 5.91 Å². The summed E-state index contributed by atoms with van der Waals surface area (Å²) < 4.78 is 0. The van der Waals surface area contributed by atoms with Crippen LogP contribution in [0.3, 0.4) is 0 Å². The molecule has 2 aliphatic heterocycles. The number of rotatable bonds is 4. The first-order chi connectivity index (χ1) is 14.2. The molecule has 1 aromatic carbocycles. The summed E-state index contributed by atoms with van der Waals surface area (Å²) in [4.78, 5) is 32.1. The molecule has 2 atom stereocenters. The van der Waals surface area contributed by atoms with Gasteiger partial charge in [0, 0.05) is 29.4 Å². The lowest BCUT2D eigenvalue weighted by Gasteiger charge is -2.28. The molecule has 2 aromatic rings. The summed E-state index contributed by atoms with van der Waals surface area (Å²) >= 11 is 1.50. The number of amides is 2. The minimum Gasteiger partial charge on any atom is -0.338 e. The summed E-state index contributed by atoms with van der Waals surface area (Å²) in [7, 11) is 0. The van der Waals surface area contributed by atoms with Gasteiger partial charge in [-0.05, 0) is 35.8 Å². The molecule has 0 saturated carbocycles. The van der Waals surface area contributed by atoms with Crippen LogP contribution in [0.2, 0.25) is 0 Å². The van der Waals surface area contributed by atoms with Crippen LogP contribution in [-0.2, 0) is 11.2 Å². The molecule has 29 heavy (non-hydrogen) atoms. The Hall–Kier alpha value is -3.11. The molecular weight excluding hydrogens is 384 g/mol. The van der Waals surface area contributed by atoms with Crippen LogP contribution < -0.4 is 5.32 Å². The molecular formula is C22H20N4O2S. The Labute approximate surface area is 173 Å². The van der Waals surface area contributed by atoms with Gasteiger partial charge >= 0.3 is 0 Å². The molecule has 0 spiro atoms. The van der Waals surface area contributed by atoms with Crippen molar-refractivity contribution in [3.8, 4) is 6.07 Å². The highest BCUT2D eigenvalue weighted by Gasteiger charge is 2.39. The van der Waals surface area contributed by atoms with Crippen molar-refractivity contribution in [3.63, 3.8) is 0 Å². The van der Waals surface area contributed by atoms with E-state index < -0.39 is 0 Å². The number of nitrogens with one attached hydrogen (secondary N) is 1. The molecule has 0 radical (unpaired) electrons. The van der Waals surface area contributed by atoms with Gasteiger partial charge in [-0.15, -0.1) is 11.8 Å². The minimum atomic E-state index is -0.363. The first kappa shape index (κ1) is 19.2. The SMILES string of the molecule is N#CC1C2=C(CN(C(=O)Cc3cccnc3)CC2)SC1NC(=O)c1ccccc1. The molecule has 0 saturated heterocycles. The molecule has 146 valence electrons. The predicted molar refractivity (Wildman–Crippen MR) is 111 cm³/mol. The second-order valence-electron chi connectivity index (χ2n) is 7.04. The van der Waals surface area contributed by atoms with Crippen LogP contribution >= 0.6 is 11.8 Å². The maximum Gasteiger partial charge on any atom is 0.252 e. The topological polar surface area (TPSA) is 86.1 Å². The van der Waals surface area contributed by atoms with Crippen molar-refractivity contribution in [2.75, 3.05) is 13.1 Å². The molecule has 0 fully saturated rings. The van der Waals surface area contributed by atoms with Crippen molar-refractivity contribution >= 4 is 23.6 Å². The molecule has 0 bridgehead atoms. The first-order valence-electron chi connectivity index (χ1n) is 9.46. The zero-order chi connectivity index (χ0) is 20.2. The monoisotopic (exact) mass is 404 g/mol. The third-order valence-electron chi connectivity index (χ3n) is 5.17. The van der Waals surface area contributed by atoms with Gasteiger partial charge in [0.05, 0.1) is 30.3 Å². The van der Waals surface area contributed by atoms with Crippen molar-refractivity contribution in [2.45, 2.75) is 18.2 Å². The van der Waals surface area contributed by atoms with E-state index in [0.29, 0.717) is 31.5 Å². The van der Waals surface area contributed by atoms with Gasteiger partial charge in [-0.2, -0.15) is 5.26 Å². The molecule has 3 heterocycles. The van der Waals surface area contributed by atoms with Gasteiger partial charge in [0.25, 0.3) is 5.91 Å². The molecule has 2 aliphatic rings. The molecule has 2 amide bonds. The third-order valence-corrected chi connectivity index (χ3v) is 6.49. The van der Waals surface area contributed by atoms with Crippen molar-refractivity contribution in [3.05, 3.63) is 76.5 Å². The standard InChI is InChI=1S/C22H20N4O2S/c23-12-18-17-8-10-26(20(27)11-15-5-4-9-24-13-15)14-19(17)29-22(18)25-21(28)16-6-2-1-3-7-16/h1-7,9,13,18,22H,8,10-11,14H2,(H,25,28). The number of nitrogens with zero attached hydrogens (tertiary/aromatic N) is 3. The summed E-state index contributed by atoms with van der Waals surface area (Å²) in [5, 5.41) is 12.3. The van der Waals surface area contributed by atoms with Gasteiger partial charge < -0.3 is 10.2 Å². The Bertz CT molecular complexity index is 985. The number of carbonyl (C=O) groups is 2. The fourth-order valence-electron chi connectivity index (χ4n) is 3.66. The van der Waals surface area contributed by atoms with Gasteiger partial charge in [-0.1, -0.05) is 24.3 Å². The Kier molecular flexibility index (Phi) is 5.63. The van der Waals surface area contributed by atoms with Crippen LogP contribution in [0.5, 0.6) is 0 Å². The van der Waals surface area contributed by atoms with E-state index in [1.807, 2.05) is 35.2 Å². The Morgan fingerprint density at radius 3 is 2.79 bits per heavy atom. The maximum absolute atomic E-state index is 12.7. The van der Waals surface area contributed by atoms with Crippen LogP contribution in [0.25, 0.3) is 0 Å². The smallest absolute Gasteiger partial charge is 0.252 e. The fraction of sp³-hybridized carbons (Fsp3) is 0.273.